The third-order valence-corrected chi connectivity index (χ3v) is 5.67. The Morgan fingerprint density at radius 1 is 1.09 bits per heavy atom. The molecule has 0 aliphatic carbocycles. The zero-order valence-corrected chi connectivity index (χ0v) is 18.4. The van der Waals surface area contributed by atoms with E-state index in [0.717, 1.165) is 17.0 Å². The second-order valence-corrected chi connectivity index (χ2v) is 7.66. The fourth-order valence-electron chi connectivity index (χ4n) is 3.95. The maximum atomic E-state index is 13.8. The van der Waals surface area contributed by atoms with Crippen LogP contribution in [0.5, 0.6) is 11.5 Å². The highest BCUT2D eigenvalue weighted by Gasteiger charge is 2.28. The summed E-state index contributed by atoms with van der Waals surface area (Å²) >= 11 is 0. The number of nitrogens with zero attached hydrogens (tertiary/aromatic N) is 3. The van der Waals surface area contributed by atoms with Gasteiger partial charge < -0.3 is 19.1 Å². The van der Waals surface area contributed by atoms with Crippen LogP contribution in [-0.4, -0.2) is 41.4 Å². The van der Waals surface area contributed by atoms with Crippen LogP contribution in [0, 0.1) is 5.82 Å². The second-order valence-electron chi connectivity index (χ2n) is 7.66. The smallest absolute Gasteiger partial charge is 0.254 e. The summed E-state index contributed by atoms with van der Waals surface area (Å²) in [4.78, 5) is 15.0. The summed E-state index contributed by atoms with van der Waals surface area (Å²) in [5, 5.41) is 4.59. The molecule has 2 aromatic carbocycles. The number of halogens is 1. The minimum atomic E-state index is -0.291. The largest absolute Gasteiger partial charge is 0.497 e. The highest BCUT2D eigenvalue weighted by Crippen LogP contribution is 2.27. The van der Waals surface area contributed by atoms with E-state index in [0.29, 0.717) is 42.1 Å². The summed E-state index contributed by atoms with van der Waals surface area (Å²) in [5.41, 5.74) is 3.84. The number of methoxy groups -OCH3 is 2. The van der Waals surface area contributed by atoms with Crippen LogP contribution in [0.3, 0.4) is 0 Å². The standard InChI is InChI=1S/C24H26FN3O4/c1-27-23-8-9-28(24(29)17-10-18(30-2)12-19(11-17)31-3)13-20(23)22(26-27)15-32-14-16-6-4-5-7-21(16)25/h4-7,10-12H,8-9,13-15H2,1-3H3. The molecule has 1 aliphatic heterocycles. The molecule has 1 aliphatic rings. The van der Waals surface area contributed by atoms with Crippen molar-refractivity contribution in [2.24, 2.45) is 7.05 Å². The molecule has 8 heteroatoms. The van der Waals surface area contributed by atoms with Crippen LogP contribution in [0.2, 0.25) is 0 Å². The molecule has 0 N–H and O–H groups in total. The lowest BCUT2D eigenvalue weighted by molar-refractivity contribution is 0.0726. The van der Waals surface area contributed by atoms with E-state index in [1.807, 2.05) is 11.7 Å². The number of ether oxygens (including phenoxy) is 3. The molecule has 0 unspecified atom stereocenters. The van der Waals surface area contributed by atoms with Gasteiger partial charge >= 0.3 is 0 Å². The van der Waals surface area contributed by atoms with Crippen LogP contribution in [0.4, 0.5) is 4.39 Å². The van der Waals surface area contributed by atoms with Crippen molar-refractivity contribution >= 4 is 5.91 Å². The summed E-state index contributed by atoms with van der Waals surface area (Å²) in [5.74, 6) is 0.735. The van der Waals surface area contributed by atoms with Gasteiger partial charge in [0.25, 0.3) is 5.91 Å². The van der Waals surface area contributed by atoms with Gasteiger partial charge in [0.15, 0.2) is 0 Å². The Balaban J connectivity index is 1.49. The first-order chi connectivity index (χ1) is 15.5. The molecule has 0 fully saturated rings. The molecule has 2 heterocycles. The van der Waals surface area contributed by atoms with E-state index in [-0.39, 0.29) is 24.9 Å². The average Bonchev–Trinajstić information content (AvgIpc) is 3.14. The molecule has 0 bridgehead atoms. The predicted molar refractivity (Wildman–Crippen MR) is 116 cm³/mol. The molecular weight excluding hydrogens is 413 g/mol. The molecule has 168 valence electrons. The fraction of sp³-hybridized carbons (Fsp3) is 0.333. The van der Waals surface area contributed by atoms with E-state index in [4.69, 9.17) is 14.2 Å². The first kappa shape index (κ1) is 21.8. The number of benzene rings is 2. The average molecular weight is 439 g/mol. The summed E-state index contributed by atoms with van der Waals surface area (Å²) in [6.45, 7) is 1.41. The van der Waals surface area contributed by atoms with E-state index in [9.17, 15) is 9.18 Å². The van der Waals surface area contributed by atoms with E-state index in [1.165, 1.54) is 6.07 Å². The number of hydrogen-bond donors (Lipinski definition) is 0. The lowest BCUT2D eigenvalue weighted by Crippen LogP contribution is -2.36. The van der Waals surface area contributed by atoms with Gasteiger partial charge in [0, 0.05) is 55.0 Å². The predicted octanol–water partition coefficient (Wildman–Crippen LogP) is 3.49. The van der Waals surface area contributed by atoms with Gasteiger partial charge in [-0.2, -0.15) is 5.10 Å². The lowest BCUT2D eigenvalue weighted by atomic mass is 10.0. The molecule has 0 spiro atoms. The Labute approximate surface area is 186 Å². The third kappa shape index (κ3) is 4.45. The fourth-order valence-corrected chi connectivity index (χ4v) is 3.95. The molecule has 1 amide bonds. The summed E-state index contributed by atoms with van der Waals surface area (Å²) < 4.78 is 32.0. The van der Waals surface area contributed by atoms with Gasteiger partial charge in [-0.3, -0.25) is 9.48 Å². The third-order valence-electron chi connectivity index (χ3n) is 5.67. The van der Waals surface area contributed by atoms with Crippen LogP contribution >= 0.6 is 0 Å². The summed E-state index contributed by atoms with van der Waals surface area (Å²) in [6.07, 6.45) is 0.693. The van der Waals surface area contributed by atoms with Gasteiger partial charge in [-0.1, -0.05) is 18.2 Å². The number of rotatable bonds is 7. The minimum absolute atomic E-state index is 0.102. The van der Waals surface area contributed by atoms with Gasteiger partial charge in [-0.25, -0.2) is 4.39 Å². The Hall–Kier alpha value is -3.39. The second kappa shape index (κ2) is 9.40. The Morgan fingerprint density at radius 2 is 1.81 bits per heavy atom. The molecule has 3 aromatic rings. The van der Waals surface area contributed by atoms with Gasteiger partial charge in [0.2, 0.25) is 0 Å². The summed E-state index contributed by atoms with van der Waals surface area (Å²) in [6, 6.07) is 11.7. The number of amides is 1. The maximum Gasteiger partial charge on any atom is 0.254 e. The molecule has 4 rings (SSSR count). The molecular formula is C24H26FN3O4. The Bertz CT molecular complexity index is 1110. The van der Waals surface area contributed by atoms with Gasteiger partial charge in [0.1, 0.15) is 17.3 Å². The first-order valence-corrected chi connectivity index (χ1v) is 10.4. The van der Waals surface area contributed by atoms with Crippen molar-refractivity contribution < 1.29 is 23.4 Å². The molecule has 0 saturated carbocycles. The van der Waals surface area contributed by atoms with Crippen molar-refractivity contribution in [3.8, 4) is 11.5 Å². The zero-order valence-electron chi connectivity index (χ0n) is 18.4. The first-order valence-electron chi connectivity index (χ1n) is 10.4. The van der Waals surface area contributed by atoms with Gasteiger partial charge in [-0.05, 0) is 18.2 Å². The van der Waals surface area contributed by atoms with Crippen LogP contribution in [0.15, 0.2) is 42.5 Å². The molecule has 7 nitrogen and oxygen atoms in total. The molecule has 0 saturated heterocycles. The quantitative estimate of drug-likeness (QED) is 0.564. The highest BCUT2D eigenvalue weighted by atomic mass is 19.1. The van der Waals surface area contributed by atoms with Crippen molar-refractivity contribution in [3.63, 3.8) is 0 Å². The van der Waals surface area contributed by atoms with Crippen molar-refractivity contribution in [1.29, 1.82) is 0 Å². The van der Waals surface area contributed by atoms with E-state index < -0.39 is 0 Å². The molecule has 0 radical (unpaired) electrons. The number of carbonyl (C=O) groups excluding carboxylic acids is 1. The number of fused-ring (bicyclic) bond motifs is 1. The van der Waals surface area contributed by atoms with Gasteiger partial charge in [-0.15, -0.1) is 0 Å². The topological polar surface area (TPSA) is 65.8 Å². The number of hydrogen-bond acceptors (Lipinski definition) is 5. The maximum absolute atomic E-state index is 13.8. The SMILES string of the molecule is COc1cc(OC)cc(C(=O)N2CCc3c(c(COCc4ccccc4F)nn3C)C2)c1. The molecule has 1 aromatic heterocycles. The minimum Gasteiger partial charge on any atom is -0.497 e. The zero-order chi connectivity index (χ0) is 22.7. The van der Waals surface area contributed by atoms with Crippen LogP contribution in [0.1, 0.15) is 32.9 Å². The van der Waals surface area contributed by atoms with E-state index in [2.05, 4.69) is 5.10 Å². The van der Waals surface area contributed by atoms with E-state index >= 15 is 0 Å². The molecule has 0 atom stereocenters. The lowest BCUT2D eigenvalue weighted by Gasteiger charge is -2.28. The highest BCUT2D eigenvalue weighted by molar-refractivity contribution is 5.95. The number of aryl methyl sites for hydroxylation is 1. The van der Waals surface area contributed by atoms with Crippen molar-refractivity contribution in [2.45, 2.75) is 26.2 Å². The summed E-state index contributed by atoms with van der Waals surface area (Å²) in [7, 11) is 5.00. The Morgan fingerprint density at radius 3 is 2.50 bits per heavy atom. The monoisotopic (exact) mass is 439 g/mol. The normalized spacial score (nSPS) is 13.1. The van der Waals surface area contributed by atoms with E-state index in [1.54, 1.807) is 55.5 Å². The van der Waals surface area contributed by atoms with Crippen molar-refractivity contribution in [2.75, 3.05) is 20.8 Å². The molecule has 32 heavy (non-hydrogen) atoms. The van der Waals surface area contributed by atoms with Crippen LogP contribution in [-0.2, 0) is 38.0 Å². The van der Waals surface area contributed by atoms with Gasteiger partial charge in [0.05, 0.1) is 33.1 Å². The number of aromatic nitrogens is 2. The van der Waals surface area contributed by atoms with Crippen LogP contribution < -0.4 is 9.47 Å². The van der Waals surface area contributed by atoms with Crippen molar-refractivity contribution in [3.05, 3.63) is 76.4 Å². The Kier molecular flexibility index (Phi) is 6.41. The number of carbonyl (C=O) groups is 1. The van der Waals surface area contributed by atoms with Crippen molar-refractivity contribution in [1.82, 2.24) is 14.7 Å². The van der Waals surface area contributed by atoms with Crippen LogP contribution in [0.25, 0.3) is 0 Å².